The Hall–Kier alpha value is -1.31. The fourth-order valence-electron chi connectivity index (χ4n) is 6.45. The molecule has 0 saturated heterocycles. The lowest BCUT2D eigenvalue weighted by atomic mass is 10.2. The third-order valence-electron chi connectivity index (χ3n) is 7.48. The Labute approximate surface area is 219 Å². The zero-order valence-electron chi connectivity index (χ0n) is 22.5. The van der Waals surface area contributed by atoms with Gasteiger partial charge in [-0.2, -0.15) is 16.8 Å². The molecule has 2 rings (SSSR count). The molecule has 0 aromatic heterocycles. The molecular formula is C26H42O6S2Si2. The smallest absolute Gasteiger partial charge is 0.282 e. The van der Waals surface area contributed by atoms with Gasteiger partial charge in [-0.15, -0.1) is 0 Å². The van der Waals surface area contributed by atoms with Crippen LogP contribution in [0.15, 0.2) is 46.2 Å². The predicted molar refractivity (Wildman–Crippen MR) is 153 cm³/mol. The summed E-state index contributed by atoms with van der Waals surface area (Å²) < 4.78 is 71.7. The van der Waals surface area contributed by atoms with Gasteiger partial charge in [-0.3, -0.25) is 9.11 Å². The van der Waals surface area contributed by atoms with Crippen LogP contribution in [0.25, 0.3) is 0 Å². The molecule has 2 N–H and O–H groups in total. The molecule has 0 saturated carbocycles. The van der Waals surface area contributed by atoms with Gasteiger partial charge in [0, 0.05) is 0 Å². The molecule has 0 fully saturated rings. The highest BCUT2D eigenvalue weighted by atomic mass is 32.2. The van der Waals surface area contributed by atoms with Gasteiger partial charge < -0.3 is 0 Å². The lowest BCUT2D eigenvalue weighted by Gasteiger charge is -2.50. The maximum atomic E-state index is 12.7. The Morgan fingerprint density at radius 1 is 0.583 bits per heavy atom. The monoisotopic (exact) mass is 570 g/mol. The summed E-state index contributed by atoms with van der Waals surface area (Å²) in [4.78, 5) is -0.0707. The minimum absolute atomic E-state index is 0.0354. The highest BCUT2D eigenvalue weighted by Crippen LogP contribution is 2.40. The van der Waals surface area contributed by atoms with Crippen LogP contribution in [0.1, 0.15) is 64.5 Å². The SMILES string of the molecule is CCC[Si](CCC)(c1cc(C)ccc1S(=O)(=O)O)[Si](CCC)(CCC)c1cc(C)ccc1S(=O)(=O)O. The molecule has 0 bridgehead atoms. The minimum atomic E-state index is -4.50. The molecule has 36 heavy (non-hydrogen) atoms. The van der Waals surface area contributed by atoms with Crippen LogP contribution < -0.4 is 10.4 Å². The van der Waals surface area contributed by atoms with Crippen molar-refractivity contribution in [1.82, 2.24) is 0 Å². The van der Waals surface area contributed by atoms with Crippen molar-refractivity contribution in [3.05, 3.63) is 47.5 Å². The zero-order chi connectivity index (χ0) is 27.4. The molecule has 0 atom stereocenters. The Kier molecular flexibility index (Phi) is 10.3. The molecule has 2 aromatic rings. The van der Waals surface area contributed by atoms with Crippen molar-refractivity contribution in [2.45, 2.75) is 101 Å². The summed E-state index contributed by atoms with van der Waals surface area (Å²) in [5, 5.41) is 1.45. The Balaban J connectivity index is 3.29. The molecule has 0 radical (unpaired) electrons. The number of hydrogen-bond acceptors (Lipinski definition) is 4. The van der Waals surface area contributed by atoms with E-state index < -0.39 is 35.4 Å². The van der Waals surface area contributed by atoms with Crippen molar-refractivity contribution in [3.63, 3.8) is 0 Å². The van der Waals surface area contributed by atoms with Crippen LogP contribution in [-0.4, -0.2) is 41.1 Å². The summed E-state index contributed by atoms with van der Waals surface area (Å²) in [5.74, 6) is 0. The minimum Gasteiger partial charge on any atom is -0.282 e. The van der Waals surface area contributed by atoms with Crippen LogP contribution in [0.2, 0.25) is 24.2 Å². The van der Waals surface area contributed by atoms with Crippen molar-refractivity contribution >= 4 is 45.8 Å². The second-order valence-corrected chi connectivity index (χ2v) is 26.0. The summed E-state index contributed by atoms with van der Waals surface area (Å²) in [7, 11) is -14.7. The first-order chi connectivity index (χ1) is 16.7. The summed E-state index contributed by atoms with van der Waals surface area (Å²) in [5.41, 5.74) is 1.83. The van der Waals surface area contributed by atoms with Gasteiger partial charge >= 0.3 is 0 Å². The second-order valence-electron chi connectivity index (χ2n) is 10.1. The molecule has 0 aliphatic rings. The molecule has 0 heterocycles. The fourth-order valence-corrected chi connectivity index (χ4v) is 33.2. The van der Waals surface area contributed by atoms with Crippen molar-refractivity contribution in [2.75, 3.05) is 0 Å². The third kappa shape index (κ3) is 6.05. The molecule has 10 heteroatoms. The van der Waals surface area contributed by atoms with Crippen molar-refractivity contribution in [1.29, 1.82) is 0 Å². The molecule has 0 aliphatic heterocycles. The van der Waals surface area contributed by atoms with Gasteiger partial charge in [0.15, 0.2) is 0 Å². The molecule has 0 spiro atoms. The van der Waals surface area contributed by atoms with Gasteiger partial charge in [0.05, 0.1) is 25.0 Å². The topological polar surface area (TPSA) is 109 Å². The van der Waals surface area contributed by atoms with E-state index in [4.69, 9.17) is 0 Å². The van der Waals surface area contributed by atoms with Crippen molar-refractivity contribution in [2.24, 2.45) is 0 Å². The van der Waals surface area contributed by atoms with E-state index in [0.29, 0.717) is 0 Å². The normalized spacial score (nSPS) is 13.2. The van der Waals surface area contributed by atoms with Gasteiger partial charge in [0.1, 0.15) is 0 Å². The van der Waals surface area contributed by atoms with Crippen LogP contribution in [0.4, 0.5) is 0 Å². The van der Waals surface area contributed by atoms with Gasteiger partial charge in [0.25, 0.3) is 20.2 Å². The Bertz CT molecular complexity index is 1160. The largest absolute Gasteiger partial charge is 0.294 e. The highest BCUT2D eigenvalue weighted by molar-refractivity contribution is 7.86. The number of benzene rings is 2. The first kappa shape index (κ1) is 30.9. The van der Waals surface area contributed by atoms with E-state index in [1.54, 1.807) is 12.1 Å². The summed E-state index contributed by atoms with van der Waals surface area (Å²) in [6.07, 6.45) is 3.28. The number of hydrogen-bond donors (Lipinski definition) is 2. The first-order valence-electron chi connectivity index (χ1n) is 12.9. The predicted octanol–water partition coefficient (Wildman–Crippen LogP) is 5.53. The van der Waals surface area contributed by atoms with E-state index >= 15 is 0 Å². The van der Waals surface area contributed by atoms with Crippen LogP contribution in [0.5, 0.6) is 0 Å². The number of aryl methyl sites for hydroxylation is 2. The van der Waals surface area contributed by atoms with Crippen molar-refractivity contribution < 1.29 is 25.9 Å². The lowest BCUT2D eigenvalue weighted by molar-refractivity contribution is 0.481. The standard InChI is InChI=1S/C26H42O6S2Si2/c1-7-15-35(16-8-2,25-19-21(5)11-13-23(25)33(27,28)29)36(17-9-3,18-10-4)26-20-22(6)12-14-24(26)34(30,31)32/h11-14,19-20H,7-10,15-18H2,1-6H3,(H,27,28,29)(H,30,31,32). The average Bonchev–Trinajstić information content (AvgIpc) is 2.76. The molecular weight excluding hydrogens is 529 g/mol. The van der Waals surface area contributed by atoms with E-state index in [0.717, 1.165) is 71.4 Å². The maximum Gasteiger partial charge on any atom is 0.294 e. The lowest BCUT2D eigenvalue weighted by Crippen LogP contribution is -2.76. The van der Waals surface area contributed by atoms with Crippen LogP contribution in [0, 0.1) is 13.8 Å². The Morgan fingerprint density at radius 2 is 0.861 bits per heavy atom. The van der Waals surface area contributed by atoms with Gasteiger partial charge in [0.2, 0.25) is 0 Å². The fraction of sp³-hybridized carbons (Fsp3) is 0.538. The summed E-state index contributed by atoms with van der Waals surface area (Å²) in [6.45, 7) is 12.2. The highest BCUT2D eigenvalue weighted by Gasteiger charge is 2.57. The molecule has 2 aromatic carbocycles. The second kappa shape index (κ2) is 12.0. The molecule has 202 valence electrons. The van der Waals surface area contributed by atoms with E-state index in [1.807, 2.05) is 26.0 Å². The summed E-state index contributed by atoms with van der Waals surface area (Å²) >= 11 is 0. The molecule has 0 amide bonds. The third-order valence-corrected chi connectivity index (χ3v) is 29.9. The van der Waals surface area contributed by atoms with Gasteiger partial charge in [-0.1, -0.05) is 113 Å². The molecule has 0 aliphatic carbocycles. The van der Waals surface area contributed by atoms with E-state index in [1.165, 1.54) is 12.1 Å². The first-order valence-corrected chi connectivity index (χ1v) is 21.6. The Morgan fingerprint density at radius 3 is 1.08 bits per heavy atom. The average molecular weight is 571 g/mol. The van der Waals surface area contributed by atoms with Gasteiger partial charge in [-0.05, 0) is 36.4 Å². The van der Waals surface area contributed by atoms with E-state index in [2.05, 4.69) is 27.7 Å². The van der Waals surface area contributed by atoms with Crippen molar-refractivity contribution in [3.8, 4) is 0 Å². The van der Waals surface area contributed by atoms with Crippen LogP contribution in [-0.2, 0) is 20.2 Å². The van der Waals surface area contributed by atoms with Gasteiger partial charge in [-0.25, -0.2) is 0 Å². The van der Waals surface area contributed by atoms with Crippen LogP contribution in [0.3, 0.4) is 0 Å². The molecule has 6 nitrogen and oxygen atoms in total. The van der Waals surface area contributed by atoms with E-state index in [9.17, 15) is 25.9 Å². The van der Waals surface area contributed by atoms with Crippen LogP contribution >= 0.6 is 0 Å². The maximum absolute atomic E-state index is 12.7. The zero-order valence-corrected chi connectivity index (χ0v) is 26.1. The van der Waals surface area contributed by atoms with E-state index in [-0.39, 0.29) is 9.79 Å². The summed E-state index contributed by atoms with van der Waals surface area (Å²) in [6, 6.07) is 13.5. The molecule has 0 unspecified atom stereocenters. The quantitative estimate of drug-likeness (QED) is 0.242. The number of rotatable bonds is 13.